The van der Waals surface area contributed by atoms with Gasteiger partial charge in [0, 0.05) is 25.4 Å². The van der Waals surface area contributed by atoms with Crippen LogP contribution in [-0.4, -0.2) is 42.0 Å². The fourth-order valence-corrected chi connectivity index (χ4v) is 1.86. The smallest absolute Gasteiger partial charge is 0.341 e. The Balaban J connectivity index is 2.93. The Bertz CT molecular complexity index is 361. The van der Waals surface area contributed by atoms with Gasteiger partial charge in [-0.2, -0.15) is 26.3 Å². The summed E-state index contributed by atoms with van der Waals surface area (Å²) in [6, 6.07) is 0. The van der Waals surface area contributed by atoms with Gasteiger partial charge in [-0.1, -0.05) is 6.92 Å². The average molecular weight is 291 g/mol. The second-order valence-corrected chi connectivity index (χ2v) is 4.42. The van der Waals surface area contributed by atoms with Gasteiger partial charge in [-0.3, -0.25) is 9.59 Å². The number of carbonyl (C=O) groups excluding carboxylic acids is 2. The van der Waals surface area contributed by atoms with Crippen LogP contribution in [0.4, 0.5) is 26.3 Å². The number of halogens is 6. The molecule has 0 aromatic carbocycles. The molecule has 0 aromatic rings. The molecular weight excluding hydrogens is 280 g/mol. The number of rotatable bonds is 1. The van der Waals surface area contributed by atoms with Gasteiger partial charge in [-0.25, -0.2) is 0 Å². The third-order valence-electron chi connectivity index (χ3n) is 2.89. The Labute approximate surface area is 104 Å². The van der Waals surface area contributed by atoms with E-state index in [1.807, 2.05) is 0 Å². The lowest BCUT2D eigenvalue weighted by Gasteiger charge is -2.33. The SMILES string of the molecule is CC1CN(C(=O)C(C(F)(F)F)C(F)(F)F)CCC1=O. The number of amides is 1. The van der Waals surface area contributed by atoms with E-state index in [1.165, 1.54) is 6.92 Å². The summed E-state index contributed by atoms with van der Waals surface area (Å²) in [7, 11) is 0. The van der Waals surface area contributed by atoms with Crippen molar-refractivity contribution in [3.63, 3.8) is 0 Å². The second kappa shape index (κ2) is 5.01. The molecule has 1 saturated heterocycles. The van der Waals surface area contributed by atoms with Crippen LogP contribution >= 0.6 is 0 Å². The fourth-order valence-electron chi connectivity index (χ4n) is 1.86. The van der Waals surface area contributed by atoms with Crippen molar-refractivity contribution in [2.75, 3.05) is 13.1 Å². The van der Waals surface area contributed by atoms with E-state index in [1.54, 1.807) is 0 Å². The predicted molar refractivity (Wildman–Crippen MR) is 51.0 cm³/mol. The Morgan fingerprint density at radius 1 is 1.21 bits per heavy atom. The third-order valence-corrected chi connectivity index (χ3v) is 2.89. The van der Waals surface area contributed by atoms with Gasteiger partial charge < -0.3 is 4.90 Å². The highest BCUT2D eigenvalue weighted by Gasteiger charge is 2.62. The number of nitrogens with zero attached hydrogens (tertiary/aromatic N) is 1. The lowest BCUT2D eigenvalue weighted by atomic mass is 9.96. The van der Waals surface area contributed by atoms with E-state index in [4.69, 9.17) is 0 Å². The topological polar surface area (TPSA) is 37.4 Å². The molecule has 0 radical (unpaired) electrons. The molecular formula is C10H11F6NO2. The maximum Gasteiger partial charge on any atom is 0.409 e. The normalized spacial score (nSPS) is 22.0. The van der Waals surface area contributed by atoms with Crippen molar-refractivity contribution in [3.05, 3.63) is 0 Å². The molecule has 0 aliphatic carbocycles. The van der Waals surface area contributed by atoms with Gasteiger partial charge in [0.1, 0.15) is 5.78 Å². The van der Waals surface area contributed by atoms with Gasteiger partial charge in [-0.15, -0.1) is 0 Å². The van der Waals surface area contributed by atoms with Crippen molar-refractivity contribution in [2.45, 2.75) is 25.7 Å². The number of hydrogen-bond donors (Lipinski definition) is 0. The van der Waals surface area contributed by atoms with Crippen LogP contribution in [0.1, 0.15) is 13.3 Å². The molecule has 110 valence electrons. The van der Waals surface area contributed by atoms with Gasteiger partial charge in [0.25, 0.3) is 0 Å². The summed E-state index contributed by atoms with van der Waals surface area (Å²) < 4.78 is 74.2. The molecule has 1 unspecified atom stereocenters. The standard InChI is InChI=1S/C10H11F6NO2/c1-5-4-17(3-2-6(5)18)8(19)7(9(11,12)13)10(14,15)16/h5,7H,2-4H2,1H3. The lowest BCUT2D eigenvalue weighted by molar-refractivity contribution is -0.277. The van der Waals surface area contributed by atoms with Crippen LogP contribution < -0.4 is 0 Å². The third kappa shape index (κ3) is 3.60. The minimum absolute atomic E-state index is 0.227. The fraction of sp³-hybridized carbons (Fsp3) is 0.800. The molecule has 1 heterocycles. The first kappa shape index (κ1) is 15.8. The Morgan fingerprint density at radius 2 is 1.68 bits per heavy atom. The molecule has 0 aromatic heterocycles. The van der Waals surface area contributed by atoms with Gasteiger partial charge >= 0.3 is 12.4 Å². The molecule has 0 saturated carbocycles. The number of alkyl halides is 6. The first-order valence-corrected chi connectivity index (χ1v) is 5.39. The molecule has 1 rings (SSSR count). The van der Waals surface area contributed by atoms with E-state index >= 15 is 0 Å². The van der Waals surface area contributed by atoms with Crippen LogP contribution in [0.15, 0.2) is 0 Å². The second-order valence-electron chi connectivity index (χ2n) is 4.42. The van der Waals surface area contributed by atoms with Crippen molar-refractivity contribution >= 4 is 11.7 Å². The summed E-state index contributed by atoms with van der Waals surface area (Å²) >= 11 is 0. The van der Waals surface area contributed by atoms with E-state index in [2.05, 4.69) is 0 Å². The molecule has 0 bridgehead atoms. The Hall–Kier alpha value is -1.28. The number of Topliss-reactive ketones (excluding diaryl/α,β-unsaturated/α-hetero) is 1. The van der Waals surface area contributed by atoms with Crippen LogP contribution in [-0.2, 0) is 9.59 Å². The van der Waals surface area contributed by atoms with E-state index in [9.17, 15) is 35.9 Å². The van der Waals surface area contributed by atoms with Gasteiger partial charge in [-0.05, 0) is 0 Å². The van der Waals surface area contributed by atoms with E-state index in [0.717, 1.165) is 0 Å². The number of carbonyl (C=O) groups is 2. The van der Waals surface area contributed by atoms with Crippen LogP contribution in [0.25, 0.3) is 0 Å². The first-order chi connectivity index (χ1) is 8.44. The molecule has 1 amide bonds. The summed E-state index contributed by atoms with van der Waals surface area (Å²) in [5, 5.41) is 0. The highest BCUT2D eigenvalue weighted by atomic mass is 19.4. The van der Waals surface area contributed by atoms with Gasteiger partial charge in [0.15, 0.2) is 0 Å². The molecule has 0 spiro atoms. The molecule has 1 aliphatic heterocycles. The van der Waals surface area contributed by atoms with Gasteiger partial charge in [0.2, 0.25) is 11.8 Å². The zero-order valence-electron chi connectivity index (χ0n) is 9.81. The van der Waals surface area contributed by atoms with Crippen LogP contribution in [0.3, 0.4) is 0 Å². The predicted octanol–water partition coefficient (Wildman–Crippen LogP) is 2.16. The molecule has 1 aliphatic rings. The van der Waals surface area contributed by atoms with Crippen molar-refractivity contribution in [2.24, 2.45) is 11.8 Å². The van der Waals surface area contributed by atoms with Crippen LogP contribution in [0.2, 0.25) is 0 Å². The zero-order chi connectivity index (χ0) is 15.0. The zero-order valence-corrected chi connectivity index (χ0v) is 9.81. The molecule has 1 fully saturated rings. The quantitative estimate of drug-likeness (QED) is 0.694. The van der Waals surface area contributed by atoms with E-state index in [-0.39, 0.29) is 12.2 Å². The van der Waals surface area contributed by atoms with E-state index in [0.29, 0.717) is 4.90 Å². The summed E-state index contributed by atoms with van der Waals surface area (Å²) in [4.78, 5) is 23.0. The van der Waals surface area contributed by atoms with Crippen molar-refractivity contribution in [1.82, 2.24) is 4.90 Å². The van der Waals surface area contributed by atoms with Crippen molar-refractivity contribution in [3.8, 4) is 0 Å². The highest BCUT2D eigenvalue weighted by molar-refractivity contribution is 5.86. The minimum atomic E-state index is -5.69. The molecule has 9 heteroatoms. The Morgan fingerprint density at radius 3 is 2.05 bits per heavy atom. The summed E-state index contributed by atoms with van der Waals surface area (Å²) in [6.45, 7) is 0.531. The molecule has 1 atom stereocenters. The lowest BCUT2D eigenvalue weighted by Crippen LogP contribution is -2.53. The number of likely N-dealkylation sites (tertiary alicyclic amines) is 1. The average Bonchev–Trinajstić information content (AvgIpc) is 2.17. The first-order valence-electron chi connectivity index (χ1n) is 5.39. The highest BCUT2D eigenvalue weighted by Crippen LogP contribution is 2.40. The number of hydrogen-bond acceptors (Lipinski definition) is 2. The maximum absolute atomic E-state index is 12.4. The maximum atomic E-state index is 12.4. The molecule has 0 N–H and O–H groups in total. The van der Waals surface area contributed by atoms with Crippen LogP contribution in [0, 0.1) is 11.8 Å². The summed E-state index contributed by atoms with van der Waals surface area (Å²) in [5.74, 6) is -7.10. The molecule has 19 heavy (non-hydrogen) atoms. The van der Waals surface area contributed by atoms with Crippen molar-refractivity contribution in [1.29, 1.82) is 0 Å². The summed E-state index contributed by atoms with van der Waals surface area (Å²) in [5.41, 5.74) is 0. The van der Waals surface area contributed by atoms with E-state index < -0.39 is 43.2 Å². The van der Waals surface area contributed by atoms with Gasteiger partial charge in [0.05, 0.1) is 0 Å². The monoisotopic (exact) mass is 291 g/mol. The number of ketones is 1. The largest absolute Gasteiger partial charge is 0.409 e. The summed E-state index contributed by atoms with van der Waals surface area (Å²) in [6.07, 6.45) is -11.6. The molecule has 3 nitrogen and oxygen atoms in total. The minimum Gasteiger partial charge on any atom is -0.341 e. The van der Waals surface area contributed by atoms with Crippen molar-refractivity contribution < 1.29 is 35.9 Å². The van der Waals surface area contributed by atoms with Crippen LogP contribution in [0.5, 0.6) is 0 Å². The Kier molecular flexibility index (Phi) is 4.16. The number of piperidine rings is 1.